The van der Waals surface area contributed by atoms with Crippen molar-refractivity contribution >= 4 is 5.91 Å². The van der Waals surface area contributed by atoms with Crippen LogP contribution in [-0.2, 0) is 13.2 Å². The molecule has 0 atom stereocenters. The highest BCUT2D eigenvalue weighted by Gasteiger charge is 2.19. The fraction of sp³-hybridized carbons (Fsp3) is 0.211. The second-order valence-corrected chi connectivity index (χ2v) is 5.54. The molecule has 0 aliphatic heterocycles. The Balaban J connectivity index is 1.62. The number of carbonyl (C=O) groups is 1. The Hall–Kier alpha value is -3.22. The maximum atomic E-state index is 12.9. The van der Waals surface area contributed by atoms with Crippen LogP contribution in [0.4, 0.5) is 4.39 Å². The van der Waals surface area contributed by atoms with Gasteiger partial charge in [-0.2, -0.15) is 0 Å². The zero-order chi connectivity index (χ0) is 18.4. The van der Waals surface area contributed by atoms with E-state index in [1.54, 1.807) is 17.3 Å². The van der Waals surface area contributed by atoms with Gasteiger partial charge in [-0.05, 0) is 48.9 Å². The van der Waals surface area contributed by atoms with Crippen molar-refractivity contribution in [2.75, 3.05) is 6.54 Å². The molecule has 134 valence electrons. The fourth-order valence-corrected chi connectivity index (χ4v) is 2.35. The molecule has 0 spiro atoms. The minimum absolute atomic E-state index is 0.0510. The van der Waals surface area contributed by atoms with Crippen molar-refractivity contribution in [3.05, 3.63) is 78.0 Å². The van der Waals surface area contributed by atoms with Crippen LogP contribution in [0.1, 0.15) is 28.9 Å². The first-order chi connectivity index (χ1) is 12.7. The third-order valence-electron chi connectivity index (χ3n) is 3.74. The second-order valence-electron chi connectivity index (χ2n) is 5.54. The first-order valence-corrected chi connectivity index (χ1v) is 8.16. The van der Waals surface area contributed by atoms with Crippen LogP contribution in [0.25, 0.3) is 0 Å². The number of oxazole rings is 1. The standard InChI is InChI=1S/C19H18FN3O3/c1-2-23(11-14-7-9-21-10-8-14)19(24)17-12-26-18(22-17)13-25-16-5-3-15(20)4-6-16/h3-10,12H,2,11,13H2,1H3. The molecule has 0 saturated heterocycles. The summed E-state index contributed by atoms with van der Waals surface area (Å²) in [6, 6.07) is 9.35. The van der Waals surface area contributed by atoms with E-state index in [1.165, 1.54) is 30.5 Å². The molecule has 6 nitrogen and oxygen atoms in total. The van der Waals surface area contributed by atoms with Gasteiger partial charge in [-0.25, -0.2) is 9.37 Å². The number of benzene rings is 1. The van der Waals surface area contributed by atoms with Gasteiger partial charge in [0.25, 0.3) is 5.91 Å². The highest BCUT2D eigenvalue weighted by atomic mass is 19.1. The summed E-state index contributed by atoms with van der Waals surface area (Å²) in [7, 11) is 0. The molecule has 0 radical (unpaired) electrons. The number of amides is 1. The van der Waals surface area contributed by atoms with Crippen molar-refractivity contribution in [3.8, 4) is 5.75 Å². The van der Waals surface area contributed by atoms with E-state index in [1.807, 2.05) is 19.1 Å². The molecule has 0 fully saturated rings. The first kappa shape index (κ1) is 17.6. The summed E-state index contributed by atoms with van der Waals surface area (Å²) in [5.74, 6) is 0.208. The summed E-state index contributed by atoms with van der Waals surface area (Å²) in [4.78, 5) is 22.4. The van der Waals surface area contributed by atoms with E-state index in [0.29, 0.717) is 18.8 Å². The highest BCUT2D eigenvalue weighted by molar-refractivity contribution is 5.91. The summed E-state index contributed by atoms with van der Waals surface area (Å²) in [5.41, 5.74) is 1.21. The quantitative estimate of drug-likeness (QED) is 0.649. The SMILES string of the molecule is CCN(Cc1ccncc1)C(=O)c1coc(COc2ccc(F)cc2)n1. The lowest BCUT2D eigenvalue weighted by Crippen LogP contribution is -2.30. The minimum atomic E-state index is -0.338. The molecular weight excluding hydrogens is 337 g/mol. The van der Waals surface area contributed by atoms with E-state index in [4.69, 9.17) is 9.15 Å². The second kappa shape index (κ2) is 8.24. The average molecular weight is 355 g/mol. The molecule has 3 rings (SSSR count). The Kier molecular flexibility index (Phi) is 5.58. The lowest BCUT2D eigenvalue weighted by atomic mass is 10.2. The predicted molar refractivity (Wildman–Crippen MR) is 91.9 cm³/mol. The number of nitrogens with zero attached hydrogens (tertiary/aromatic N) is 3. The Morgan fingerprint density at radius 1 is 1.19 bits per heavy atom. The van der Waals surface area contributed by atoms with E-state index in [2.05, 4.69) is 9.97 Å². The number of pyridine rings is 1. The Morgan fingerprint density at radius 2 is 1.92 bits per heavy atom. The summed E-state index contributed by atoms with van der Waals surface area (Å²) in [5, 5.41) is 0. The summed E-state index contributed by atoms with van der Waals surface area (Å²) in [6.07, 6.45) is 4.70. The molecule has 1 amide bonds. The lowest BCUT2D eigenvalue weighted by Gasteiger charge is -2.19. The number of rotatable bonds is 7. The molecule has 0 aliphatic carbocycles. The van der Waals surface area contributed by atoms with Gasteiger partial charge in [0.1, 0.15) is 17.8 Å². The van der Waals surface area contributed by atoms with Crippen LogP contribution in [0, 0.1) is 5.82 Å². The van der Waals surface area contributed by atoms with Crippen molar-refractivity contribution in [1.82, 2.24) is 14.9 Å². The molecule has 1 aromatic carbocycles. The van der Waals surface area contributed by atoms with E-state index in [0.717, 1.165) is 5.56 Å². The van der Waals surface area contributed by atoms with E-state index < -0.39 is 0 Å². The number of halogens is 1. The van der Waals surface area contributed by atoms with Crippen LogP contribution in [0.5, 0.6) is 5.75 Å². The molecule has 3 aromatic rings. The number of hydrogen-bond acceptors (Lipinski definition) is 5. The van der Waals surface area contributed by atoms with Gasteiger partial charge >= 0.3 is 0 Å². The minimum Gasteiger partial charge on any atom is -0.484 e. The summed E-state index contributed by atoms with van der Waals surface area (Å²) >= 11 is 0. The molecule has 0 N–H and O–H groups in total. The van der Waals surface area contributed by atoms with Crippen LogP contribution in [-0.4, -0.2) is 27.3 Å². The Labute approximate surface area is 150 Å². The van der Waals surface area contributed by atoms with Crippen LogP contribution in [0.3, 0.4) is 0 Å². The van der Waals surface area contributed by atoms with Gasteiger partial charge in [-0.15, -0.1) is 0 Å². The first-order valence-electron chi connectivity index (χ1n) is 8.16. The molecule has 0 bridgehead atoms. The monoisotopic (exact) mass is 355 g/mol. The lowest BCUT2D eigenvalue weighted by molar-refractivity contribution is 0.0746. The van der Waals surface area contributed by atoms with Crippen LogP contribution in [0.2, 0.25) is 0 Å². The maximum absolute atomic E-state index is 12.9. The van der Waals surface area contributed by atoms with Gasteiger partial charge in [0.05, 0.1) is 0 Å². The predicted octanol–water partition coefficient (Wildman–Crippen LogP) is 3.45. The van der Waals surface area contributed by atoms with E-state index >= 15 is 0 Å². The van der Waals surface area contributed by atoms with Crippen molar-refractivity contribution in [1.29, 1.82) is 0 Å². The molecule has 7 heteroatoms. The number of carbonyl (C=O) groups excluding carboxylic acids is 1. The zero-order valence-corrected chi connectivity index (χ0v) is 14.3. The fourth-order valence-electron chi connectivity index (χ4n) is 2.35. The van der Waals surface area contributed by atoms with E-state index in [9.17, 15) is 9.18 Å². The van der Waals surface area contributed by atoms with Gasteiger partial charge in [-0.3, -0.25) is 9.78 Å². The number of hydrogen-bond donors (Lipinski definition) is 0. The molecular formula is C19H18FN3O3. The normalized spacial score (nSPS) is 10.5. The number of ether oxygens (including phenoxy) is 1. The highest BCUT2D eigenvalue weighted by Crippen LogP contribution is 2.14. The van der Waals surface area contributed by atoms with Gasteiger partial charge in [-0.1, -0.05) is 0 Å². The molecule has 0 aliphatic rings. The zero-order valence-electron chi connectivity index (χ0n) is 14.3. The van der Waals surface area contributed by atoms with Gasteiger partial charge in [0, 0.05) is 25.5 Å². The van der Waals surface area contributed by atoms with Gasteiger partial charge in [0.15, 0.2) is 12.3 Å². The summed E-state index contributed by atoms with van der Waals surface area (Å²) < 4.78 is 23.7. The Morgan fingerprint density at radius 3 is 2.62 bits per heavy atom. The van der Waals surface area contributed by atoms with Crippen molar-refractivity contribution in [3.63, 3.8) is 0 Å². The van der Waals surface area contributed by atoms with Crippen LogP contribution < -0.4 is 4.74 Å². The van der Waals surface area contributed by atoms with Crippen molar-refractivity contribution in [2.24, 2.45) is 0 Å². The third kappa shape index (κ3) is 4.44. The van der Waals surface area contributed by atoms with Crippen molar-refractivity contribution in [2.45, 2.75) is 20.1 Å². The average Bonchev–Trinajstić information content (AvgIpc) is 3.15. The molecule has 0 saturated carbocycles. The maximum Gasteiger partial charge on any atom is 0.276 e. The third-order valence-corrected chi connectivity index (χ3v) is 3.74. The Bertz CT molecular complexity index is 850. The molecule has 2 heterocycles. The summed E-state index contributed by atoms with van der Waals surface area (Å²) in [6.45, 7) is 2.95. The number of aromatic nitrogens is 2. The smallest absolute Gasteiger partial charge is 0.276 e. The van der Waals surface area contributed by atoms with Crippen LogP contribution >= 0.6 is 0 Å². The molecule has 26 heavy (non-hydrogen) atoms. The molecule has 2 aromatic heterocycles. The van der Waals surface area contributed by atoms with Gasteiger partial charge < -0.3 is 14.1 Å². The topological polar surface area (TPSA) is 68.5 Å². The van der Waals surface area contributed by atoms with E-state index in [-0.39, 0.29) is 29.9 Å². The van der Waals surface area contributed by atoms with Crippen molar-refractivity contribution < 1.29 is 18.3 Å². The van der Waals surface area contributed by atoms with Gasteiger partial charge in [0.2, 0.25) is 5.89 Å². The largest absolute Gasteiger partial charge is 0.484 e. The molecule has 0 unspecified atom stereocenters. The van der Waals surface area contributed by atoms with Crippen LogP contribution in [0.15, 0.2) is 59.5 Å².